The summed E-state index contributed by atoms with van der Waals surface area (Å²) < 4.78 is 1.06. The number of nitrogens with zero attached hydrogens (tertiary/aromatic N) is 1. The fraction of sp³-hybridized carbons (Fsp3) is 0.444. The molecule has 1 aliphatic rings. The van der Waals surface area contributed by atoms with Crippen LogP contribution in [0.1, 0.15) is 24.4 Å². The molecule has 0 saturated carbocycles. The van der Waals surface area contributed by atoms with Crippen LogP contribution in [0, 0.1) is 0 Å². The third kappa shape index (κ3) is 3.39. The number of nitrogens with one attached hydrogen (secondary N) is 1. The molecule has 2 rings (SSSR count). The molecule has 0 amide bonds. The molecular weight excluding hydrogens is 287 g/mol. The molecule has 2 heterocycles. The smallest absolute Gasteiger partial charge is 0.0410 e. The number of aromatic nitrogens is 1. The Morgan fingerprint density at radius 1 is 1.36 bits per heavy atom. The van der Waals surface area contributed by atoms with Gasteiger partial charge < -0.3 is 5.32 Å². The summed E-state index contributed by atoms with van der Waals surface area (Å²) in [6.45, 7) is 1.14. The first-order valence-corrected chi connectivity index (χ1v) is 4.99. The Hall–Kier alpha value is 0.170. The van der Waals surface area contributed by atoms with E-state index in [4.69, 9.17) is 0 Å². The van der Waals surface area contributed by atoms with Crippen molar-refractivity contribution < 1.29 is 0 Å². The fourth-order valence-corrected chi connectivity index (χ4v) is 1.97. The lowest BCUT2D eigenvalue weighted by Gasteiger charge is -2.09. The largest absolute Gasteiger partial charge is 0.310 e. The maximum atomic E-state index is 4.14. The minimum absolute atomic E-state index is 0. The summed E-state index contributed by atoms with van der Waals surface area (Å²) in [6.07, 6.45) is 6.27. The Balaban J connectivity index is 0.000000845. The van der Waals surface area contributed by atoms with Crippen molar-refractivity contribution in [3.63, 3.8) is 0 Å². The number of rotatable bonds is 1. The van der Waals surface area contributed by atoms with Crippen LogP contribution in [0.25, 0.3) is 0 Å². The minimum atomic E-state index is 0. The average Bonchev–Trinajstić information content (AvgIpc) is 2.56. The van der Waals surface area contributed by atoms with E-state index in [0.717, 1.165) is 11.0 Å². The summed E-state index contributed by atoms with van der Waals surface area (Å²) in [6, 6.07) is 2.66. The summed E-state index contributed by atoms with van der Waals surface area (Å²) in [7, 11) is 0. The van der Waals surface area contributed by atoms with E-state index in [1.54, 1.807) is 0 Å². The molecule has 1 N–H and O–H groups in total. The second-order valence-corrected chi connectivity index (χ2v) is 4.00. The van der Waals surface area contributed by atoms with Crippen LogP contribution in [0.4, 0.5) is 0 Å². The van der Waals surface area contributed by atoms with Crippen LogP contribution in [0.2, 0.25) is 0 Å². The standard InChI is InChI=1S/C9H11BrN2.2ClH/c10-8-4-7(5-11-6-8)9-2-1-3-12-9;;/h4-6,9,12H,1-3H2;2*1H/t9-;;/m0../s1. The normalized spacial score (nSPS) is 19.6. The van der Waals surface area contributed by atoms with Gasteiger partial charge in [0.15, 0.2) is 0 Å². The molecule has 1 atom stereocenters. The summed E-state index contributed by atoms with van der Waals surface area (Å²) in [5, 5.41) is 3.44. The first-order valence-electron chi connectivity index (χ1n) is 4.20. The molecular formula is C9H13BrCl2N2. The Labute approximate surface area is 105 Å². The van der Waals surface area contributed by atoms with Crippen molar-refractivity contribution >= 4 is 40.7 Å². The van der Waals surface area contributed by atoms with Crippen LogP contribution >= 0.6 is 40.7 Å². The summed E-state index contributed by atoms with van der Waals surface area (Å²) in [4.78, 5) is 4.14. The van der Waals surface area contributed by atoms with Crippen LogP contribution in [0.3, 0.4) is 0 Å². The van der Waals surface area contributed by atoms with Crippen molar-refractivity contribution in [3.05, 3.63) is 28.5 Å². The maximum Gasteiger partial charge on any atom is 0.0410 e. The molecule has 0 radical (unpaired) electrons. The van der Waals surface area contributed by atoms with Crippen molar-refractivity contribution in [2.45, 2.75) is 18.9 Å². The Bertz CT molecular complexity index is 277. The van der Waals surface area contributed by atoms with Gasteiger partial charge in [-0.2, -0.15) is 0 Å². The Morgan fingerprint density at radius 2 is 2.14 bits per heavy atom. The molecule has 1 fully saturated rings. The molecule has 2 nitrogen and oxygen atoms in total. The van der Waals surface area contributed by atoms with Crippen LogP contribution in [-0.4, -0.2) is 11.5 Å². The second-order valence-electron chi connectivity index (χ2n) is 3.09. The van der Waals surface area contributed by atoms with Gasteiger partial charge in [-0.05, 0) is 46.9 Å². The van der Waals surface area contributed by atoms with Crippen LogP contribution in [0.15, 0.2) is 22.9 Å². The van der Waals surface area contributed by atoms with E-state index < -0.39 is 0 Å². The Kier molecular flexibility index (Phi) is 6.70. The zero-order valence-electron chi connectivity index (χ0n) is 7.57. The van der Waals surface area contributed by atoms with Crippen molar-refractivity contribution in [1.82, 2.24) is 10.3 Å². The highest BCUT2D eigenvalue weighted by Crippen LogP contribution is 2.23. The molecule has 0 aromatic carbocycles. The SMILES string of the molecule is Brc1cncc([C@@H]2CCCN2)c1.Cl.Cl. The quantitative estimate of drug-likeness (QED) is 0.862. The highest BCUT2D eigenvalue weighted by atomic mass is 79.9. The summed E-state index contributed by atoms with van der Waals surface area (Å²) >= 11 is 3.42. The van der Waals surface area contributed by atoms with Gasteiger partial charge in [-0.1, -0.05) is 0 Å². The topological polar surface area (TPSA) is 24.9 Å². The molecule has 0 bridgehead atoms. The molecule has 1 aromatic heterocycles. The second kappa shape index (κ2) is 6.62. The van der Waals surface area contributed by atoms with Crippen molar-refractivity contribution in [3.8, 4) is 0 Å². The van der Waals surface area contributed by atoms with Crippen LogP contribution in [0.5, 0.6) is 0 Å². The number of hydrogen-bond acceptors (Lipinski definition) is 2. The van der Waals surface area contributed by atoms with E-state index in [1.165, 1.54) is 18.4 Å². The molecule has 5 heteroatoms. The predicted octanol–water partition coefficient (Wildman–Crippen LogP) is 3.11. The van der Waals surface area contributed by atoms with Gasteiger partial charge in [0.25, 0.3) is 0 Å². The summed E-state index contributed by atoms with van der Waals surface area (Å²) in [5.74, 6) is 0. The van der Waals surface area contributed by atoms with E-state index >= 15 is 0 Å². The Morgan fingerprint density at radius 3 is 2.71 bits per heavy atom. The first-order chi connectivity index (χ1) is 5.86. The third-order valence-corrected chi connectivity index (χ3v) is 2.62. The van der Waals surface area contributed by atoms with Gasteiger partial charge in [-0.3, -0.25) is 4.98 Å². The third-order valence-electron chi connectivity index (χ3n) is 2.19. The minimum Gasteiger partial charge on any atom is -0.310 e. The molecule has 80 valence electrons. The van der Waals surface area contributed by atoms with E-state index in [1.807, 2.05) is 12.4 Å². The molecule has 0 aliphatic carbocycles. The number of pyridine rings is 1. The van der Waals surface area contributed by atoms with Crippen molar-refractivity contribution in [2.24, 2.45) is 0 Å². The van der Waals surface area contributed by atoms with Crippen LogP contribution < -0.4 is 5.32 Å². The lowest BCUT2D eigenvalue weighted by Crippen LogP contribution is -2.12. The highest BCUT2D eigenvalue weighted by molar-refractivity contribution is 9.10. The monoisotopic (exact) mass is 298 g/mol. The van der Waals surface area contributed by atoms with Gasteiger partial charge in [-0.15, -0.1) is 24.8 Å². The van der Waals surface area contributed by atoms with E-state index in [0.29, 0.717) is 6.04 Å². The maximum absolute atomic E-state index is 4.14. The van der Waals surface area contributed by atoms with Gasteiger partial charge in [0, 0.05) is 22.9 Å². The fourth-order valence-electron chi connectivity index (χ4n) is 1.59. The van der Waals surface area contributed by atoms with E-state index in [-0.39, 0.29) is 24.8 Å². The zero-order valence-corrected chi connectivity index (χ0v) is 10.8. The highest BCUT2D eigenvalue weighted by Gasteiger charge is 2.15. The van der Waals surface area contributed by atoms with Gasteiger partial charge in [0.1, 0.15) is 0 Å². The molecule has 14 heavy (non-hydrogen) atoms. The molecule has 0 unspecified atom stereocenters. The number of halogens is 3. The van der Waals surface area contributed by atoms with Gasteiger partial charge in [0.05, 0.1) is 0 Å². The number of hydrogen-bond donors (Lipinski definition) is 1. The van der Waals surface area contributed by atoms with Crippen LogP contribution in [-0.2, 0) is 0 Å². The van der Waals surface area contributed by atoms with E-state index in [9.17, 15) is 0 Å². The molecule has 1 aliphatic heterocycles. The molecule has 1 saturated heterocycles. The van der Waals surface area contributed by atoms with Crippen molar-refractivity contribution in [2.75, 3.05) is 6.54 Å². The van der Waals surface area contributed by atoms with E-state index in [2.05, 4.69) is 32.3 Å². The lowest BCUT2D eigenvalue weighted by atomic mass is 10.1. The van der Waals surface area contributed by atoms with Gasteiger partial charge in [0.2, 0.25) is 0 Å². The predicted molar refractivity (Wildman–Crippen MR) is 66.4 cm³/mol. The zero-order chi connectivity index (χ0) is 8.39. The van der Waals surface area contributed by atoms with Crippen molar-refractivity contribution in [1.29, 1.82) is 0 Å². The first kappa shape index (κ1) is 14.2. The molecule has 1 aromatic rings. The molecule has 0 spiro atoms. The average molecular weight is 300 g/mol. The lowest BCUT2D eigenvalue weighted by molar-refractivity contribution is 0.644. The summed E-state index contributed by atoms with van der Waals surface area (Å²) in [5.41, 5.74) is 1.29. The van der Waals surface area contributed by atoms with Gasteiger partial charge in [-0.25, -0.2) is 0 Å². The van der Waals surface area contributed by atoms with Gasteiger partial charge >= 0.3 is 0 Å².